The van der Waals surface area contributed by atoms with Gasteiger partial charge in [0.1, 0.15) is 5.69 Å². The highest BCUT2D eigenvalue weighted by Crippen LogP contribution is 2.28. The number of thiophene rings is 1. The van der Waals surface area contributed by atoms with Gasteiger partial charge in [-0.05, 0) is 44.9 Å². The summed E-state index contributed by atoms with van der Waals surface area (Å²) in [7, 11) is 0. The number of rotatable bonds is 5. The van der Waals surface area contributed by atoms with Crippen LogP contribution >= 0.6 is 11.3 Å². The summed E-state index contributed by atoms with van der Waals surface area (Å²) in [5.41, 5.74) is 1.67. The summed E-state index contributed by atoms with van der Waals surface area (Å²) < 4.78 is 1.67. The third-order valence-corrected chi connectivity index (χ3v) is 7.87. The largest absolute Gasteiger partial charge is 0.493 e. The van der Waals surface area contributed by atoms with Gasteiger partial charge in [-0.25, -0.2) is 9.78 Å². The zero-order valence-corrected chi connectivity index (χ0v) is 21.5. The molecule has 37 heavy (non-hydrogen) atoms. The lowest BCUT2D eigenvalue weighted by Crippen LogP contribution is -2.50. The van der Waals surface area contributed by atoms with E-state index in [2.05, 4.69) is 33.8 Å². The standard InChI is InChI=1S/C25H28N8O3S/c1-14(2)31-7-9-32(10-8-31)24(35)20-6-5-19(37-20)17-12-21(27-16-3-4-16)33-22(28-17)15(13-26-33)11-18-23(34)30-25(36)29-18/h5-6,11-14,16,34H,3-4,7-10H2,1-2H3,(H2,29,30,36)/b15-11-,27-21?. The number of amides is 1. The molecule has 0 spiro atoms. The molecule has 1 aliphatic carbocycles. The van der Waals surface area contributed by atoms with Crippen LogP contribution in [0.4, 0.5) is 0 Å². The van der Waals surface area contributed by atoms with Crippen LogP contribution in [0.5, 0.6) is 5.88 Å². The number of aromatic hydroxyl groups is 1. The highest BCUT2D eigenvalue weighted by Gasteiger charge is 2.25. The Hall–Kier alpha value is -3.77. The first-order valence-corrected chi connectivity index (χ1v) is 13.3. The van der Waals surface area contributed by atoms with Crippen molar-refractivity contribution < 1.29 is 9.90 Å². The van der Waals surface area contributed by atoms with Crippen LogP contribution < -0.4 is 16.4 Å². The summed E-state index contributed by atoms with van der Waals surface area (Å²) in [6, 6.07) is 6.45. The van der Waals surface area contributed by atoms with Gasteiger partial charge in [0.25, 0.3) is 5.91 Å². The van der Waals surface area contributed by atoms with Crippen LogP contribution in [-0.2, 0) is 0 Å². The summed E-state index contributed by atoms with van der Waals surface area (Å²) in [5, 5.41) is 15.1. The third-order valence-electron chi connectivity index (χ3n) is 6.78. The maximum atomic E-state index is 13.2. The quantitative estimate of drug-likeness (QED) is 0.359. The lowest BCUT2D eigenvalue weighted by Gasteiger charge is -2.36. The van der Waals surface area contributed by atoms with Crippen molar-refractivity contribution in [3.05, 3.63) is 56.2 Å². The molecule has 1 aliphatic heterocycles. The molecular formula is C25H28N8O3S. The van der Waals surface area contributed by atoms with E-state index in [0.29, 0.717) is 33.0 Å². The van der Waals surface area contributed by atoms with E-state index in [0.717, 1.165) is 43.9 Å². The smallest absolute Gasteiger partial charge is 0.326 e. The minimum absolute atomic E-state index is 0.0499. The van der Waals surface area contributed by atoms with Crippen molar-refractivity contribution in [3.8, 4) is 16.5 Å². The number of fused-ring (bicyclic) bond motifs is 1. The molecule has 0 bridgehead atoms. The van der Waals surface area contributed by atoms with Gasteiger partial charge in [-0.3, -0.25) is 19.7 Å². The van der Waals surface area contributed by atoms with Crippen molar-refractivity contribution in [3.63, 3.8) is 0 Å². The molecule has 192 valence electrons. The van der Waals surface area contributed by atoms with Crippen LogP contribution in [0.3, 0.4) is 0 Å². The number of hydrogen-bond acceptors (Lipinski definition) is 8. The molecule has 0 unspecified atom stereocenters. The number of aromatic nitrogens is 5. The first-order valence-electron chi connectivity index (χ1n) is 12.4. The molecule has 12 heteroatoms. The van der Waals surface area contributed by atoms with Gasteiger partial charge in [0.05, 0.1) is 27.7 Å². The first-order chi connectivity index (χ1) is 17.9. The number of carbonyl (C=O) groups excluding carboxylic acids is 1. The van der Waals surface area contributed by atoms with Crippen LogP contribution in [0.15, 0.2) is 34.2 Å². The minimum Gasteiger partial charge on any atom is -0.493 e. The van der Waals surface area contributed by atoms with Crippen LogP contribution in [0.1, 0.15) is 42.1 Å². The van der Waals surface area contributed by atoms with Crippen molar-refractivity contribution in [2.75, 3.05) is 26.2 Å². The van der Waals surface area contributed by atoms with Gasteiger partial charge in [-0.15, -0.1) is 11.3 Å². The fourth-order valence-corrected chi connectivity index (χ4v) is 5.44. The number of nitrogens with zero attached hydrogens (tertiary/aromatic N) is 6. The molecule has 0 radical (unpaired) electrons. The Labute approximate surface area is 215 Å². The second-order valence-corrected chi connectivity index (χ2v) is 10.9. The molecule has 4 aromatic heterocycles. The molecular weight excluding hydrogens is 492 g/mol. The number of imidazole rings is 1. The number of nitrogens with one attached hydrogen (secondary N) is 2. The van der Waals surface area contributed by atoms with Gasteiger partial charge in [0.2, 0.25) is 5.88 Å². The summed E-state index contributed by atoms with van der Waals surface area (Å²) in [6.07, 6.45) is 5.33. The Kier molecular flexibility index (Phi) is 5.92. The van der Waals surface area contributed by atoms with Crippen molar-refractivity contribution in [1.29, 1.82) is 0 Å². The second-order valence-electron chi connectivity index (χ2n) is 9.77. The average Bonchev–Trinajstić information content (AvgIpc) is 3.25. The van der Waals surface area contributed by atoms with E-state index in [1.165, 1.54) is 11.3 Å². The predicted molar refractivity (Wildman–Crippen MR) is 139 cm³/mol. The zero-order chi connectivity index (χ0) is 25.7. The molecule has 2 fully saturated rings. The normalized spacial score (nSPS) is 18.0. The Balaban J connectivity index is 1.37. The van der Waals surface area contributed by atoms with Gasteiger partial charge in [-0.1, -0.05) is 0 Å². The molecule has 5 heterocycles. The third kappa shape index (κ3) is 4.69. The number of H-pyrrole nitrogens is 2. The molecule has 0 aromatic carbocycles. The molecule has 3 N–H and O–H groups in total. The van der Waals surface area contributed by atoms with Gasteiger partial charge >= 0.3 is 5.69 Å². The van der Waals surface area contributed by atoms with E-state index in [4.69, 9.17) is 9.98 Å². The highest BCUT2D eigenvalue weighted by atomic mass is 32.1. The van der Waals surface area contributed by atoms with Crippen LogP contribution in [-0.4, -0.2) is 83.6 Å². The summed E-state index contributed by atoms with van der Waals surface area (Å²) >= 11 is 1.42. The van der Waals surface area contributed by atoms with Gasteiger partial charge in [0.15, 0.2) is 11.1 Å². The fraction of sp³-hybridized carbons (Fsp3) is 0.400. The van der Waals surface area contributed by atoms with Gasteiger partial charge in [0, 0.05) is 43.5 Å². The van der Waals surface area contributed by atoms with Crippen molar-refractivity contribution >= 4 is 29.0 Å². The summed E-state index contributed by atoms with van der Waals surface area (Å²) in [5.74, 6) is -0.201. The lowest BCUT2D eigenvalue weighted by molar-refractivity contribution is 0.0600. The van der Waals surface area contributed by atoms with Crippen LogP contribution in [0, 0.1) is 0 Å². The first kappa shape index (κ1) is 23.6. The van der Waals surface area contributed by atoms with E-state index in [9.17, 15) is 14.7 Å². The maximum absolute atomic E-state index is 13.2. The number of aromatic amines is 2. The second kappa shape index (κ2) is 9.27. The monoisotopic (exact) mass is 520 g/mol. The van der Waals surface area contributed by atoms with Crippen molar-refractivity contribution in [2.24, 2.45) is 4.99 Å². The SMILES string of the molecule is CC(C)N1CCN(C(=O)c2ccc(-c3cc(=NC4CC4)n4nc/c(=C/c5[nH]c(=O)[nH]c5O)c4n3)s2)CC1. The van der Waals surface area contributed by atoms with Gasteiger partial charge in [-0.2, -0.15) is 9.61 Å². The molecule has 0 atom stereocenters. The Morgan fingerprint density at radius 3 is 2.68 bits per heavy atom. The minimum atomic E-state index is -0.500. The number of piperazine rings is 1. The number of carbonyl (C=O) groups is 1. The van der Waals surface area contributed by atoms with Crippen LogP contribution in [0.2, 0.25) is 0 Å². The van der Waals surface area contributed by atoms with Gasteiger partial charge < -0.3 is 15.0 Å². The Morgan fingerprint density at radius 2 is 2.00 bits per heavy atom. The molecule has 11 nitrogen and oxygen atoms in total. The Morgan fingerprint density at radius 1 is 1.22 bits per heavy atom. The average molecular weight is 521 g/mol. The molecule has 4 aromatic rings. The predicted octanol–water partition coefficient (Wildman–Crippen LogP) is 0.957. The van der Waals surface area contributed by atoms with Crippen LogP contribution in [0.25, 0.3) is 22.3 Å². The summed E-state index contributed by atoms with van der Waals surface area (Å²) in [6.45, 7) is 7.58. The maximum Gasteiger partial charge on any atom is 0.326 e. The molecule has 1 saturated heterocycles. The fourth-order valence-electron chi connectivity index (χ4n) is 4.51. The van der Waals surface area contributed by atoms with E-state index in [1.54, 1.807) is 16.8 Å². The van der Waals surface area contributed by atoms with Crippen molar-refractivity contribution in [1.82, 2.24) is 34.4 Å². The zero-order valence-electron chi connectivity index (χ0n) is 20.6. The lowest BCUT2D eigenvalue weighted by atomic mass is 10.2. The highest BCUT2D eigenvalue weighted by molar-refractivity contribution is 7.17. The summed E-state index contributed by atoms with van der Waals surface area (Å²) in [4.78, 5) is 45.2. The topological polar surface area (TPSA) is 135 Å². The van der Waals surface area contributed by atoms with E-state index >= 15 is 0 Å². The number of hydrogen-bond donors (Lipinski definition) is 3. The van der Waals surface area contributed by atoms with Crippen molar-refractivity contribution in [2.45, 2.75) is 38.8 Å². The molecule has 6 rings (SSSR count). The van der Waals surface area contributed by atoms with E-state index in [-0.39, 0.29) is 23.5 Å². The molecule has 1 saturated carbocycles. The Bertz CT molecular complexity index is 1650. The van der Waals surface area contributed by atoms with E-state index in [1.807, 2.05) is 23.1 Å². The molecule has 1 amide bonds. The van der Waals surface area contributed by atoms with E-state index < -0.39 is 5.69 Å². The molecule has 2 aliphatic rings.